The minimum atomic E-state index is -0.462. The van der Waals surface area contributed by atoms with Gasteiger partial charge in [-0.1, -0.05) is 20.8 Å². The quantitative estimate of drug-likeness (QED) is 0.801. The van der Waals surface area contributed by atoms with E-state index in [-0.39, 0.29) is 22.1 Å². The van der Waals surface area contributed by atoms with Crippen LogP contribution in [-0.2, 0) is 9.53 Å². The highest BCUT2D eigenvalue weighted by Crippen LogP contribution is 2.42. The molecule has 2 aliphatic heterocycles. The van der Waals surface area contributed by atoms with Crippen molar-refractivity contribution in [1.82, 2.24) is 10.2 Å². The summed E-state index contributed by atoms with van der Waals surface area (Å²) in [6.07, 6.45) is 2.18. The van der Waals surface area contributed by atoms with E-state index >= 15 is 0 Å². The SMILES string of the molecule is CC.CCC1SC2(CCN(C(=O)OC(C)(C)C)CC2)NC1=O. The summed E-state index contributed by atoms with van der Waals surface area (Å²) in [6.45, 7) is 12.9. The molecule has 128 valence electrons. The van der Waals surface area contributed by atoms with Crippen LogP contribution in [0.25, 0.3) is 0 Å². The lowest BCUT2D eigenvalue weighted by Crippen LogP contribution is -2.51. The molecule has 2 amide bonds. The molecular formula is C16H30N2O3S. The van der Waals surface area contributed by atoms with Gasteiger partial charge in [0.2, 0.25) is 5.91 Å². The molecule has 0 aromatic heterocycles. The Kier molecular flexibility index (Phi) is 6.59. The number of likely N-dealkylation sites (tertiary alicyclic amines) is 1. The predicted octanol–water partition coefficient (Wildman–Crippen LogP) is 3.38. The number of piperidine rings is 1. The van der Waals surface area contributed by atoms with Crippen molar-refractivity contribution in [3.8, 4) is 0 Å². The standard InChI is InChI=1S/C14H24N2O3S.C2H6/c1-5-10-11(17)15-14(20-10)6-8-16(9-7-14)12(18)19-13(2,3)4;1-2/h10H,5-9H2,1-4H3,(H,15,17);1-2H3. The van der Waals surface area contributed by atoms with E-state index in [1.165, 1.54) is 0 Å². The topological polar surface area (TPSA) is 58.6 Å². The van der Waals surface area contributed by atoms with Gasteiger partial charge in [0.25, 0.3) is 0 Å². The number of nitrogens with one attached hydrogen (secondary N) is 1. The molecule has 2 aliphatic rings. The highest BCUT2D eigenvalue weighted by atomic mass is 32.2. The number of rotatable bonds is 1. The number of ether oxygens (including phenoxy) is 1. The van der Waals surface area contributed by atoms with Crippen LogP contribution in [0.5, 0.6) is 0 Å². The van der Waals surface area contributed by atoms with Crippen molar-refractivity contribution in [3.63, 3.8) is 0 Å². The van der Waals surface area contributed by atoms with Crippen molar-refractivity contribution in [2.45, 2.75) is 76.5 Å². The number of hydrogen-bond donors (Lipinski definition) is 1. The van der Waals surface area contributed by atoms with Gasteiger partial charge in [-0.3, -0.25) is 4.79 Å². The summed E-state index contributed by atoms with van der Waals surface area (Å²) in [7, 11) is 0. The Hall–Kier alpha value is -0.910. The van der Waals surface area contributed by atoms with Crippen molar-refractivity contribution >= 4 is 23.8 Å². The Balaban J connectivity index is 0.00000116. The highest BCUT2D eigenvalue weighted by Gasteiger charge is 2.46. The summed E-state index contributed by atoms with van der Waals surface area (Å²) in [4.78, 5) is 25.4. The zero-order valence-corrected chi connectivity index (χ0v) is 15.5. The molecule has 1 N–H and O–H groups in total. The third-order valence-corrected chi connectivity index (χ3v) is 5.40. The largest absolute Gasteiger partial charge is 0.444 e. The Morgan fingerprint density at radius 1 is 1.36 bits per heavy atom. The van der Waals surface area contributed by atoms with E-state index in [2.05, 4.69) is 5.32 Å². The molecule has 0 aromatic rings. The van der Waals surface area contributed by atoms with Gasteiger partial charge in [-0.2, -0.15) is 0 Å². The molecule has 2 rings (SSSR count). The van der Waals surface area contributed by atoms with Crippen LogP contribution in [-0.4, -0.2) is 45.7 Å². The lowest BCUT2D eigenvalue weighted by atomic mass is 10.0. The van der Waals surface area contributed by atoms with Gasteiger partial charge in [-0.25, -0.2) is 4.79 Å². The molecule has 22 heavy (non-hydrogen) atoms. The lowest BCUT2D eigenvalue weighted by Gasteiger charge is -2.38. The average molecular weight is 330 g/mol. The molecule has 2 heterocycles. The van der Waals surface area contributed by atoms with Crippen LogP contribution in [0.3, 0.4) is 0 Å². The van der Waals surface area contributed by atoms with Gasteiger partial charge >= 0.3 is 6.09 Å². The van der Waals surface area contributed by atoms with E-state index < -0.39 is 5.60 Å². The van der Waals surface area contributed by atoms with E-state index in [0.29, 0.717) is 13.1 Å². The van der Waals surface area contributed by atoms with Crippen LogP contribution in [0.4, 0.5) is 4.79 Å². The van der Waals surface area contributed by atoms with Crippen LogP contribution in [0.15, 0.2) is 0 Å². The number of carbonyl (C=O) groups excluding carboxylic acids is 2. The summed E-state index contributed by atoms with van der Waals surface area (Å²) in [5.74, 6) is 0.142. The second-order valence-electron chi connectivity index (χ2n) is 6.47. The molecule has 5 nitrogen and oxygen atoms in total. The Morgan fingerprint density at radius 3 is 2.32 bits per heavy atom. The minimum absolute atomic E-state index is 0.0584. The van der Waals surface area contributed by atoms with Crippen molar-refractivity contribution in [2.75, 3.05) is 13.1 Å². The second kappa shape index (κ2) is 7.57. The van der Waals surface area contributed by atoms with Gasteiger partial charge in [0.1, 0.15) is 5.60 Å². The molecule has 2 saturated heterocycles. The number of hydrogen-bond acceptors (Lipinski definition) is 4. The fraction of sp³-hybridized carbons (Fsp3) is 0.875. The molecule has 0 saturated carbocycles. The molecule has 0 radical (unpaired) electrons. The monoisotopic (exact) mass is 330 g/mol. The molecule has 1 spiro atoms. The number of thioether (sulfide) groups is 1. The zero-order chi connectivity index (χ0) is 17.0. The van der Waals surface area contributed by atoms with E-state index in [9.17, 15) is 9.59 Å². The number of amides is 2. The highest BCUT2D eigenvalue weighted by molar-refractivity contribution is 8.02. The van der Waals surface area contributed by atoms with Gasteiger partial charge < -0.3 is 15.0 Å². The fourth-order valence-corrected chi connectivity index (χ4v) is 4.00. The first-order valence-corrected chi connectivity index (χ1v) is 9.10. The third kappa shape index (κ3) is 4.80. The van der Waals surface area contributed by atoms with Crippen LogP contribution < -0.4 is 5.32 Å². The molecule has 1 atom stereocenters. The summed E-state index contributed by atoms with van der Waals surface area (Å²) in [6, 6.07) is 0. The van der Waals surface area contributed by atoms with Crippen LogP contribution >= 0.6 is 11.8 Å². The minimum Gasteiger partial charge on any atom is -0.444 e. The molecule has 1 unspecified atom stereocenters. The van der Waals surface area contributed by atoms with E-state index in [1.807, 2.05) is 41.5 Å². The maximum absolute atomic E-state index is 12.0. The Bertz CT molecular complexity index is 399. The molecule has 0 bridgehead atoms. The van der Waals surface area contributed by atoms with E-state index in [0.717, 1.165) is 19.3 Å². The fourth-order valence-electron chi connectivity index (χ4n) is 2.55. The van der Waals surface area contributed by atoms with Crippen molar-refractivity contribution in [2.24, 2.45) is 0 Å². The van der Waals surface area contributed by atoms with Gasteiger partial charge in [0.15, 0.2) is 0 Å². The maximum atomic E-state index is 12.0. The number of nitrogens with zero attached hydrogens (tertiary/aromatic N) is 1. The van der Waals surface area contributed by atoms with Crippen LogP contribution in [0.1, 0.15) is 60.8 Å². The van der Waals surface area contributed by atoms with Gasteiger partial charge in [-0.05, 0) is 40.0 Å². The molecule has 6 heteroatoms. The lowest BCUT2D eigenvalue weighted by molar-refractivity contribution is -0.120. The number of carbonyl (C=O) groups is 2. The normalized spacial score (nSPS) is 23.6. The first-order chi connectivity index (χ1) is 10.2. The molecule has 0 aromatic carbocycles. The smallest absolute Gasteiger partial charge is 0.410 e. The maximum Gasteiger partial charge on any atom is 0.410 e. The molecule has 2 fully saturated rings. The van der Waals surface area contributed by atoms with Crippen molar-refractivity contribution in [1.29, 1.82) is 0 Å². The van der Waals surface area contributed by atoms with E-state index in [4.69, 9.17) is 4.74 Å². The Morgan fingerprint density at radius 2 is 1.91 bits per heavy atom. The first kappa shape index (κ1) is 19.1. The molecule has 0 aliphatic carbocycles. The van der Waals surface area contributed by atoms with Crippen LogP contribution in [0, 0.1) is 0 Å². The average Bonchev–Trinajstić information content (AvgIpc) is 2.76. The van der Waals surface area contributed by atoms with Crippen molar-refractivity contribution < 1.29 is 14.3 Å². The third-order valence-electron chi connectivity index (χ3n) is 3.60. The predicted molar refractivity (Wildman–Crippen MR) is 90.9 cm³/mol. The van der Waals surface area contributed by atoms with Gasteiger partial charge in [0.05, 0.1) is 10.1 Å². The van der Waals surface area contributed by atoms with Crippen molar-refractivity contribution in [3.05, 3.63) is 0 Å². The summed E-state index contributed by atoms with van der Waals surface area (Å²) >= 11 is 1.73. The summed E-state index contributed by atoms with van der Waals surface area (Å²) < 4.78 is 5.38. The second-order valence-corrected chi connectivity index (χ2v) is 8.05. The Labute approximate surface area is 138 Å². The van der Waals surface area contributed by atoms with E-state index in [1.54, 1.807) is 16.7 Å². The summed E-state index contributed by atoms with van der Waals surface area (Å²) in [5.41, 5.74) is -0.462. The summed E-state index contributed by atoms with van der Waals surface area (Å²) in [5, 5.41) is 3.18. The van der Waals surface area contributed by atoms with Gasteiger partial charge in [-0.15, -0.1) is 11.8 Å². The van der Waals surface area contributed by atoms with Crippen LogP contribution in [0.2, 0.25) is 0 Å². The zero-order valence-electron chi connectivity index (χ0n) is 14.7. The van der Waals surface area contributed by atoms with Gasteiger partial charge in [0, 0.05) is 13.1 Å². The molecular weight excluding hydrogens is 300 g/mol. The first-order valence-electron chi connectivity index (χ1n) is 8.22.